The fraction of sp³-hybridized carbons (Fsp3) is 0.0588. The number of carbonyl (C=O) groups is 1. The van der Waals surface area contributed by atoms with E-state index in [-0.39, 0.29) is 16.3 Å². The summed E-state index contributed by atoms with van der Waals surface area (Å²) in [4.78, 5) is 12.2. The zero-order valence-electron chi connectivity index (χ0n) is 13.7. The molecule has 1 heterocycles. The Morgan fingerprint density at radius 1 is 1.15 bits per heavy atom. The van der Waals surface area contributed by atoms with Crippen molar-refractivity contribution < 1.29 is 18.3 Å². The Balaban J connectivity index is 1.78. The van der Waals surface area contributed by atoms with Crippen molar-refractivity contribution in [2.45, 2.75) is 11.8 Å². The van der Waals surface area contributed by atoms with Crippen LogP contribution in [0.5, 0.6) is 5.75 Å². The smallest absolute Gasteiger partial charge is 0.273 e. The number of hydrogen-bond acceptors (Lipinski definition) is 5. The van der Waals surface area contributed by atoms with Crippen LogP contribution in [0.15, 0.2) is 53.4 Å². The Bertz CT molecular complexity index is 1070. The second-order valence-electron chi connectivity index (χ2n) is 5.71. The first-order chi connectivity index (χ1) is 12.2. The molecule has 0 spiro atoms. The maximum absolute atomic E-state index is 12.3. The monoisotopic (exact) mass is 372 g/mol. The predicted octanol–water partition coefficient (Wildman–Crippen LogP) is 1.99. The lowest BCUT2D eigenvalue weighted by atomic mass is 10.1. The van der Waals surface area contributed by atoms with E-state index in [9.17, 15) is 18.3 Å². The van der Waals surface area contributed by atoms with E-state index in [1.54, 1.807) is 12.1 Å². The van der Waals surface area contributed by atoms with E-state index in [0.717, 1.165) is 5.56 Å². The first-order valence-corrected chi connectivity index (χ1v) is 9.08. The summed E-state index contributed by atoms with van der Waals surface area (Å²) in [6, 6.07) is 12.1. The molecule has 0 bridgehead atoms. The largest absolute Gasteiger partial charge is 0.507 e. The topological polar surface area (TPSA) is 138 Å². The first kappa shape index (κ1) is 17.6. The van der Waals surface area contributed by atoms with Gasteiger partial charge >= 0.3 is 0 Å². The number of primary sulfonamides is 1. The number of aromatic nitrogens is 2. The lowest BCUT2D eigenvalue weighted by molar-refractivity contribution is 0.102. The molecule has 3 aromatic rings. The van der Waals surface area contributed by atoms with Crippen LogP contribution in [0.2, 0.25) is 0 Å². The number of sulfonamides is 1. The number of H-pyrrole nitrogens is 1. The molecular weight excluding hydrogens is 356 g/mol. The van der Waals surface area contributed by atoms with Gasteiger partial charge in [-0.05, 0) is 55.0 Å². The Hall–Kier alpha value is -3.17. The van der Waals surface area contributed by atoms with Gasteiger partial charge in [-0.25, -0.2) is 13.6 Å². The van der Waals surface area contributed by atoms with Crippen LogP contribution in [-0.2, 0) is 10.0 Å². The van der Waals surface area contributed by atoms with Crippen molar-refractivity contribution in [1.82, 2.24) is 10.2 Å². The summed E-state index contributed by atoms with van der Waals surface area (Å²) in [5.74, 6) is -0.388. The first-order valence-electron chi connectivity index (χ1n) is 7.53. The molecule has 2 aromatic carbocycles. The van der Waals surface area contributed by atoms with Crippen LogP contribution in [0.3, 0.4) is 0 Å². The number of benzene rings is 2. The van der Waals surface area contributed by atoms with Crippen molar-refractivity contribution in [2.24, 2.45) is 5.14 Å². The van der Waals surface area contributed by atoms with Crippen molar-refractivity contribution in [3.05, 3.63) is 59.8 Å². The molecule has 3 rings (SSSR count). The third-order valence-corrected chi connectivity index (χ3v) is 4.62. The molecule has 8 nitrogen and oxygen atoms in total. The molecule has 0 aliphatic rings. The van der Waals surface area contributed by atoms with Crippen LogP contribution in [0.1, 0.15) is 16.1 Å². The number of phenolic OH excluding ortho intramolecular Hbond substituents is 1. The Morgan fingerprint density at radius 2 is 1.85 bits per heavy atom. The third kappa shape index (κ3) is 3.73. The van der Waals surface area contributed by atoms with Gasteiger partial charge in [0.2, 0.25) is 10.0 Å². The van der Waals surface area contributed by atoms with Crippen LogP contribution in [0, 0.1) is 6.92 Å². The van der Waals surface area contributed by atoms with Crippen molar-refractivity contribution in [3.63, 3.8) is 0 Å². The maximum Gasteiger partial charge on any atom is 0.273 e. The highest BCUT2D eigenvalue weighted by Crippen LogP contribution is 2.28. The number of nitrogens with zero attached hydrogens (tertiary/aromatic N) is 1. The lowest BCUT2D eigenvalue weighted by Gasteiger charge is -2.04. The molecule has 0 saturated heterocycles. The summed E-state index contributed by atoms with van der Waals surface area (Å²) >= 11 is 0. The van der Waals surface area contributed by atoms with E-state index in [4.69, 9.17) is 5.14 Å². The van der Waals surface area contributed by atoms with E-state index < -0.39 is 15.9 Å². The molecule has 1 aromatic heterocycles. The van der Waals surface area contributed by atoms with Crippen LogP contribution >= 0.6 is 0 Å². The van der Waals surface area contributed by atoms with Gasteiger partial charge in [0, 0.05) is 11.3 Å². The molecule has 0 unspecified atom stereocenters. The molecule has 0 atom stereocenters. The number of aryl methyl sites for hydroxylation is 1. The minimum atomic E-state index is -3.79. The second-order valence-corrected chi connectivity index (χ2v) is 7.27. The number of rotatable bonds is 4. The third-order valence-electron chi connectivity index (χ3n) is 3.69. The highest BCUT2D eigenvalue weighted by molar-refractivity contribution is 7.89. The average Bonchev–Trinajstić information content (AvgIpc) is 3.04. The van der Waals surface area contributed by atoms with E-state index in [1.807, 2.05) is 13.0 Å². The second kappa shape index (κ2) is 6.62. The highest BCUT2D eigenvalue weighted by atomic mass is 32.2. The number of hydrogen-bond donors (Lipinski definition) is 4. The number of phenols is 1. The summed E-state index contributed by atoms with van der Waals surface area (Å²) in [5, 5.41) is 24.3. The van der Waals surface area contributed by atoms with E-state index >= 15 is 0 Å². The Labute approximate surface area is 149 Å². The average molecular weight is 372 g/mol. The predicted molar refractivity (Wildman–Crippen MR) is 96.2 cm³/mol. The zero-order valence-corrected chi connectivity index (χ0v) is 14.5. The van der Waals surface area contributed by atoms with Gasteiger partial charge in [-0.1, -0.05) is 6.07 Å². The molecule has 0 fully saturated rings. The molecule has 9 heteroatoms. The SMILES string of the molecule is Cc1ccc(-c2cc(C(=O)Nc3ccc(S(N)(=O)=O)cc3)[nH]n2)c(O)c1. The number of aromatic hydroxyl groups is 1. The van der Waals surface area contributed by atoms with Crippen molar-refractivity contribution >= 4 is 21.6 Å². The van der Waals surface area contributed by atoms with E-state index in [1.165, 1.54) is 30.3 Å². The van der Waals surface area contributed by atoms with Gasteiger partial charge in [0.05, 0.1) is 10.6 Å². The molecule has 0 aliphatic carbocycles. The van der Waals surface area contributed by atoms with Gasteiger partial charge < -0.3 is 10.4 Å². The number of amides is 1. The van der Waals surface area contributed by atoms with Crippen molar-refractivity contribution in [3.8, 4) is 17.0 Å². The minimum Gasteiger partial charge on any atom is -0.507 e. The normalized spacial score (nSPS) is 11.3. The summed E-state index contributed by atoms with van der Waals surface area (Å²) < 4.78 is 22.5. The standard InChI is InChI=1S/C17H16N4O4S/c1-10-2-7-13(16(22)8-10)14-9-15(21-20-14)17(23)19-11-3-5-12(6-4-11)26(18,24)25/h2-9,22H,1H3,(H,19,23)(H,20,21)(H2,18,24,25). The van der Waals surface area contributed by atoms with Crippen LogP contribution in [0.4, 0.5) is 5.69 Å². The van der Waals surface area contributed by atoms with Crippen LogP contribution < -0.4 is 10.5 Å². The number of aromatic amines is 1. The summed E-state index contributed by atoms with van der Waals surface area (Å²) in [6.07, 6.45) is 0. The van der Waals surface area contributed by atoms with Crippen LogP contribution in [0.25, 0.3) is 11.3 Å². The molecule has 0 aliphatic heterocycles. The minimum absolute atomic E-state index is 0.0471. The molecular formula is C17H16N4O4S. The molecule has 134 valence electrons. The summed E-state index contributed by atoms with van der Waals surface area (Å²) in [5.41, 5.74) is 2.43. The van der Waals surface area contributed by atoms with E-state index in [2.05, 4.69) is 15.5 Å². The maximum atomic E-state index is 12.3. The van der Waals surface area contributed by atoms with Gasteiger partial charge in [0.15, 0.2) is 0 Å². The fourth-order valence-electron chi connectivity index (χ4n) is 2.36. The summed E-state index contributed by atoms with van der Waals surface area (Å²) in [6.45, 7) is 1.86. The number of anilines is 1. The van der Waals surface area contributed by atoms with Crippen LogP contribution in [-0.4, -0.2) is 29.6 Å². The number of nitrogens with one attached hydrogen (secondary N) is 2. The summed E-state index contributed by atoms with van der Waals surface area (Å²) in [7, 11) is -3.79. The van der Waals surface area contributed by atoms with Gasteiger partial charge in [0.25, 0.3) is 5.91 Å². The number of nitrogens with two attached hydrogens (primary N) is 1. The van der Waals surface area contributed by atoms with Gasteiger partial charge in [-0.3, -0.25) is 9.89 Å². The molecule has 5 N–H and O–H groups in total. The highest BCUT2D eigenvalue weighted by Gasteiger charge is 2.14. The zero-order chi connectivity index (χ0) is 18.9. The quantitative estimate of drug-likeness (QED) is 0.555. The fourth-order valence-corrected chi connectivity index (χ4v) is 2.88. The van der Waals surface area contributed by atoms with E-state index in [0.29, 0.717) is 16.9 Å². The molecule has 1 amide bonds. The number of carbonyl (C=O) groups excluding carboxylic acids is 1. The lowest BCUT2D eigenvalue weighted by Crippen LogP contribution is -2.14. The van der Waals surface area contributed by atoms with Crippen molar-refractivity contribution in [1.29, 1.82) is 0 Å². The van der Waals surface area contributed by atoms with Gasteiger partial charge in [0.1, 0.15) is 11.4 Å². The molecule has 0 radical (unpaired) electrons. The Kier molecular flexibility index (Phi) is 4.49. The van der Waals surface area contributed by atoms with Crippen molar-refractivity contribution in [2.75, 3.05) is 5.32 Å². The molecule has 0 saturated carbocycles. The van der Waals surface area contributed by atoms with Gasteiger partial charge in [-0.15, -0.1) is 0 Å². The Morgan fingerprint density at radius 3 is 2.46 bits per heavy atom. The molecule has 26 heavy (non-hydrogen) atoms. The van der Waals surface area contributed by atoms with Gasteiger partial charge in [-0.2, -0.15) is 5.10 Å².